The fraction of sp³-hybridized carbons (Fsp3) is 0.172. The number of non-ortho nitro benzene ring substituents is 1. The number of anilines is 1. The number of aryl methyl sites for hydroxylation is 2. The molecule has 1 amide bonds. The first-order valence-corrected chi connectivity index (χ1v) is 13.5. The zero-order valence-corrected chi connectivity index (χ0v) is 23.0. The number of nitro groups is 1. The first-order chi connectivity index (χ1) is 19.7. The number of aliphatic hydroxyl groups excluding tert-OH is 1. The quantitative estimate of drug-likeness (QED) is 0.0930. The van der Waals surface area contributed by atoms with Gasteiger partial charge in [0.05, 0.1) is 39.1 Å². The van der Waals surface area contributed by atoms with Crippen LogP contribution in [-0.4, -0.2) is 42.7 Å². The number of carbonyl (C=O) groups excluding carboxylic acids is 2. The van der Waals surface area contributed by atoms with Gasteiger partial charge in [0, 0.05) is 18.3 Å². The minimum Gasteiger partial charge on any atom is -0.505 e. The smallest absolute Gasteiger partial charge is 0.301 e. The standard InChI is InChI=1S/C29H23N5O6S/c1-4-40-19-11-12-20-21(14-19)41-29(30-20)33-24(17-7-9-18(10-8-17)34(38)39)22(26(36)28(33)37)25(35)23-16(3)32-13-5-6-15(2)27(32)31-23/h5-14,24,35H,4H2,1-3H3. The molecule has 1 atom stereocenters. The van der Waals surface area contributed by atoms with Crippen molar-refractivity contribution in [3.05, 3.63) is 99.0 Å². The molecule has 1 fully saturated rings. The van der Waals surface area contributed by atoms with Crippen molar-refractivity contribution in [2.45, 2.75) is 26.8 Å². The zero-order valence-electron chi connectivity index (χ0n) is 22.2. The molecule has 1 unspecified atom stereocenters. The lowest BCUT2D eigenvalue weighted by molar-refractivity contribution is -0.384. The molecule has 3 aromatic heterocycles. The monoisotopic (exact) mass is 569 g/mol. The molecule has 12 heteroatoms. The Balaban J connectivity index is 1.56. The van der Waals surface area contributed by atoms with E-state index in [1.165, 1.54) is 40.5 Å². The molecular formula is C29H23N5O6S. The van der Waals surface area contributed by atoms with Crippen LogP contribution in [0.2, 0.25) is 0 Å². The molecule has 0 saturated carbocycles. The summed E-state index contributed by atoms with van der Waals surface area (Å²) in [4.78, 5) is 48.4. The molecule has 0 spiro atoms. The van der Waals surface area contributed by atoms with Crippen molar-refractivity contribution < 1.29 is 24.4 Å². The molecule has 41 heavy (non-hydrogen) atoms. The number of benzene rings is 2. The highest BCUT2D eigenvalue weighted by Gasteiger charge is 2.48. The lowest BCUT2D eigenvalue weighted by Crippen LogP contribution is -2.29. The molecule has 5 aromatic rings. The van der Waals surface area contributed by atoms with Crippen molar-refractivity contribution in [2.24, 2.45) is 0 Å². The van der Waals surface area contributed by atoms with Crippen LogP contribution in [0.3, 0.4) is 0 Å². The van der Waals surface area contributed by atoms with Crippen molar-refractivity contribution in [1.82, 2.24) is 14.4 Å². The highest BCUT2D eigenvalue weighted by atomic mass is 32.1. The molecule has 0 bridgehead atoms. The van der Waals surface area contributed by atoms with Crippen LogP contribution in [0.5, 0.6) is 5.75 Å². The summed E-state index contributed by atoms with van der Waals surface area (Å²) >= 11 is 1.19. The lowest BCUT2D eigenvalue weighted by atomic mass is 9.96. The van der Waals surface area contributed by atoms with Crippen molar-refractivity contribution in [2.75, 3.05) is 11.5 Å². The second kappa shape index (κ2) is 9.82. The van der Waals surface area contributed by atoms with Crippen LogP contribution >= 0.6 is 11.3 Å². The number of rotatable bonds is 6. The average Bonchev–Trinajstić information content (AvgIpc) is 3.61. The number of imidazole rings is 1. The van der Waals surface area contributed by atoms with E-state index in [9.17, 15) is 24.8 Å². The number of aromatic nitrogens is 3. The molecule has 4 heterocycles. The highest BCUT2D eigenvalue weighted by molar-refractivity contribution is 7.22. The Hall–Kier alpha value is -5.10. The third-order valence-electron chi connectivity index (χ3n) is 7.04. The van der Waals surface area contributed by atoms with Gasteiger partial charge in [0.2, 0.25) is 0 Å². The summed E-state index contributed by atoms with van der Waals surface area (Å²) in [7, 11) is 0. The van der Waals surface area contributed by atoms with Crippen LogP contribution < -0.4 is 9.64 Å². The summed E-state index contributed by atoms with van der Waals surface area (Å²) in [5.74, 6) is -1.58. The minimum atomic E-state index is -1.10. The number of nitro benzene ring substituents is 1. The SMILES string of the molecule is CCOc1ccc2nc(N3C(=O)C(=O)C(=C(O)c4nc5c(C)cccn5c4C)C3c3ccc([N+](=O)[O-])cc3)sc2c1. The molecule has 0 radical (unpaired) electrons. The maximum atomic E-state index is 13.6. The molecule has 1 aliphatic rings. The van der Waals surface area contributed by atoms with E-state index in [0.717, 1.165) is 10.3 Å². The highest BCUT2D eigenvalue weighted by Crippen LogP contribution is 2.45. The summed E-state index contributed by atoms with van der Waals surface area (Å²) in [6.07, 6.45) is 1.80. The lowest BCUT2D eigenvalue weighted by Gasteiger charge is -2.22. The molecule has 206 valence electrons. The molecule has 1 N–H and O–H groups in total. The Kier molecular flexibility index (Phi) is 6.26. The molecule has 11 nitrogen and oxygen atoms in total. The van der Waals surface area contributed by atoms with Gasteiger partial charge in [0.1, 0.15) is 17.1 Å². The molecule has 6 rings (SSSR count). The Bertz CT molecular complexity index is 1920. The van der Waals surface area contributed by atoms with Crippen LogP contribution in [0, 0.1) is 24.0 Å². The molecule has 1 aliphatic heterocycles. The normalized spacial score (nSPS) is 16.7. The maximum absolute atomic E-state index is 13.6. The van der Waals surface area contributed by atoms with Crippen LogP contribution in [0.15, 0.2) is 66.4 Å². The molecular weight excluding hydrogens is 546 g/mol. The number of amides is 1. The predicted molar refractivity (Wildman–Crippen MR) is 153 cm³/mol. The number of hydrogen-bond acceptors (Lipinski definition) is 9. The summed E-state index contributed by atoms with van der Waals surface area (Å²) < 4.78 is 8.12. The van der Waals surface area contributed by atoms with Gasteiger partial charge in [-0.15, -0.1) is 0 Å². The van der Waals surface area contributed by atoms with Gasteiger partial charge in [-0.2, -0.15) is 0 Å². The van der Waals surface area contributed by atoms with Gasteiger partial charge in [-0.3, -0.25) is 24.6 Å². The number of thiazole rings is 1. The van der Waals surface area contributed by atoms with E-state index >= 15 is 0 Å². The van der Waals surface area contributed by atoms with Crippen molar-refractivity contribution >= 4 is 55.5 Å². The van der Waals surface area contributed by atoms with Crippen LogP contribution in [-0.2, 0) is 9.59 Å². The Morgan fingerprint density at radius 1 is 1.12 bits per heavy atom. The zero-order chi connectivity index (χ0) is 29.0. The van der Waals surface area contributed by atoms with Crippen LogP contribution in [0.25, 0.3) is 21.6 Å². The second-order valence-electron chi connectivity index (χ2n) is 9.51. The topological polar surface area (TPSA) is 140 Å². The van der Waals surface area contributed by atoms with Gasteiger partial charge in [-0.25, -0.2) is 9.97 Å². The summed E-state index contributed by atoms with van der Waals surface area (Å²) in [6, 6.07) is 13.5. The second-order valence-corrected chi connectivity index (χ2v) is 10.5. The van der Waals surface area contributed by atoms with Gasteiger partial charge < -0.3 is 14.2 Å². The van der Waals surface area contributed by atoms with Crippen LogP contribution in [0.4, 0.5) is 10.8 Å². The summed E-state index contributed by atoms with van der Waals surface area (Å²) in [5.41, 5.74) is 2.87. The van der Waals surface area contributed by atoms with Gasteiger partial charge >= 0.3 is 5.91 Å². The number of aliphatic hydroxyl groups is 1. The van der Waals surface area contributed by atoms with Gasteiger partial charge in [-0.05, 0) is 68.3 Å². The molecule has 1 saturated heterocycles. The van der Waals surface area contributed by atoms with Crippen molar-refractivity contribution in [1.29, 1.82) is 0 Å². The minimum absolute atomic E-state index is 0.152. The maximum Gasteiger partial charge on any atom is 0.301 e. The Morgan fingerprint density at radius 3 is 2.56 bits per heavy atom. The fourth-order valence-electron chi connectivity index (χ4n) is 5.05. The largest absolute Gasteiger partial charge is 0.505 e. The van der Waals surface area contributed by atoms with Crippen molar-refractivity contribution in [3.8, 4) is 5.75 Å². The number of hydrogen-bond donors (Lipinski definition) is 1. The van der Waals surface area contributed by atoms with E-state index in [2.05, 4.69) is 9.97 Å². The number of pyridine rings is 1. The number of carbonyl (C=O) groups is 2. The van der Waals surface area contributed by atoms with E-state index in [4.69, 9.17) is 4.74 Å². The van der Waals surface area contributed by atoms with E-state index in [-0.39, 0.29) is 22.1 Å². The average molecular weight is 570 g/mol. The first-order valence-electron chi connectivity index (χ1n) is 12.7. The van der Waals surface area contributed by atoms with E-state index in [0.29, 0.717) is 34.8 Å². The van der Waals surface area contributed by atoms with Crippen molar-refractivity contribution in [3.63, 3.8) is 0 Å². The predicted octanol–water partition coefficient (Wildman–Crippen LogP) is 5.49. The molecule has 2 aromatic carbocycles. The number of fused-ring (bicyclic) bond motifs is 2. The van der Waals surface area contributed by atoms with Crippen LogP contribution in [0.1, 0.15) is 35.5 Å². The third-order valence-corrected chi connectivity index (χ3v) is 8.06. The summed E-state index contributed by atoms with van der Waals surface area (Å²) in [6.45, 7) is 5.99. The molecule has 0 aliphatic carbocycles. The number of nitrogens with zero attached hydrogens (tertiary/aromatic N) is 5. The first kappa shape index (κ1) is 26.1. The third kappa shape index (κ3) is 4.19. The van der Waals surface area contributed by atoms with Gasteiger partial charge in [-0.1, -0.05) is 17.4 Å². The van der Waals surface area contributed by atoms with E-state index < -0.39 is 28.4 Å². The van der Waals surface area contributed by atoms with Gasteiger partial charge in [0.15, 0.2) is 10.9 Å². The fourth-order valence-corrected chi connectivity index (χ4v) is 6.07. The van der Waals surface area contributed by atoms with Gasteiger partial charge in [0.25, 0.3) is 11.5 Å². The summed E-state index contributed by atoms with van der Waals surface area (Å²) in [5, 5.41) is 23.2. The number of ether oxygens (including phenoxy) is 1. The Labute approximate surface area is 237 Å². The van der Waals surface area contributed by atoms with E-state index in [1.54, 1.807) is 35.7 Å². The number of ketones is 1. The van der Waals surface area contributed by atoms with E-state index in [1.807, 2.05) is 26.0 Å². The number of Topliss-reactive ketones (excluding diaryl/α,β-unsaturated/α-hetero) is 1. The Morgan fingerprint density at radius 2 is 1.88 bits per heavy atom.